The lowest BCUT2D eigenvalue weighted by Gasteiger charge is -2.23. The fourth-order valence-corrected chi connectivity index (χ4v) is 3.16. The van der Waals surface area contributed by atoms with E-state index in [4.69, 9.17) is 19.0 Å². The molecule has 0 aromatic carbocycles. The summed E-state index contributed by atoms with van der Waals surface area (Å²) in [4.78, 5) is 10.6. The molecule has 1 aliphatic rings. The third-order valence-electron chi connectivity index (χ3n) is 2.70. The first-order chi connectivity index (χ1) is 8.59. The Hall–Kier alpha value is -0.673. The normalized spacial score (nSPS) is 22.4. The topological polar surface area (TPSA) is 94.5 Å². The van der Waals surface area contributed by atoms with Crippen LogP contribution < -0.4 is 0 Å². The maximum atomic E-state index is 10.6. The van der Waals surface area contributed by atoms with Crippen molar-refractivity contribution in [2.24, 2.45) is 0 Å². The number of carbonyl (C=O) groups is 1. The Bertz CT molecular complexity index is 263. The number of hydrogen-bond donors (Lipinski definition) is 2. The zero-order chi connectivity index (χ0) is 13.4. The Morgan fingerprint density at radius 3 is 2.83 bits per heavy atom. The van der Waals surface area contributed by atoms with Crippen LogP contribution >= 0.6 is 0 Å². The summed E-state index contributed by atoms with van der Waals surface area (Å²) < 4.78 is 19.9. The Balaban J connectivity index is 2.05. The number of cyclic esters (lactones) is 2. The molecule has 1 aliphatic heterocycles. The predicted octanol–water partition coefficient (Wildman–Crippen LogP) is 0.00170. The zero-order valence-electron chi connectivity index (χ0n) is 10.5. The van der Waals surface area contributed by atoms with Gasteiger partial charge in [-0.3, -0.25) is 0 Å². The molecular weight excluding hydrogens is 260 g/mol. The monoisotopic (exact) mass is 280 g/mol. The predicted molar refractivity (Wildman–Crippen MR) is 63.3 cm³/mol. The highest BCUT2D eigenvalue weighted by molar-refractivity contribution is 6.72. The van der Waals surface area contributed by atoms with Crippen molar-refractivity contribution in [2.75, 3.05) is 32.8 Å². The summed E-state index contributed by atoms with van der Waals surface area (Å²) in [5.41, 5.74) is 0. The standard InChI is InChI=1S/C10H20O7Si/c1-18(8-12,16-7-11)4-2-3-14-5-9-6-15-10(13)17-9/h9,11-12H,2-8H2,1H3. The zero-order valence-corrected chi connectivity index (χ0v) is 11.5. The maximum absolute atomic E-state index is 10.6. The smallest absolute Gasteiger partial charge is 0.430 e. The third-order valence-corrected chi connectivity index (χ3v) is 5.60. The lowest BCUT2D eigenvalue weighted by atomic mass is 10.4. The third kappa shape index (κ3) is 5.32. The summed E-state index contributed by atoms with van der Waals surface area (Å²) in [6, 6.07) is 0.699. The first kappa shape index (κ1) is 15.4. The quantitative estimate of drug-likeness (QED) is 0.266. The van der Waals surface area contributed by atoms with Gasteiger partial charge >= 0.3 is 6.16 Å². The van der Waals surface area contributed by atoms with Crippen LogP contribution in [0.15, 0.2) is 0 Å². The molecule has 2 unspecified atom stereocenters. The number of aliphatic hydroxyl groups is 2. The Labute approximate surface area is 107 Å². The molecule has 1 saturated heterocycles. The summed E-state index contributed by atoms with van der Waals surface area (Å²) >= 11 is 0. The minimum absolute atomic E-state index is 0.0262. The maximum Gasteiger partial charge on any atom is 0.508 e. The second-order valence-electron chi connectivity index (χ2n) is 4.36. The first-order valence-corrected chi connectivity index (χ1v) is 8.69. The second kappa shape index (κ2) is 7.69. The Morgan fingerprint density at radius 1 is 1.50 bits per heavy atom. The van der Waals surface area contributed by atoms with Crippen LogP contribution in [0.3, 0.4) is 0 Å². The molecule has 7 nitrogen and oxygen atoms in total. The molecular formula is C10H20O7Si. The molecule has 106 valence electrons. The van der Waals surface area contributed by atoms with Crippen LogP contribution in [0.4, 0.5) is 4.79 Å². The van der Waals surface area contributed by atoms with E-state index >= 15 is 0 Å². The lowest BCUT2D eigenvalue weighted by Crippen LogP contribution is -2.40. The van der Waals surface area contributed by atoms with Crippen molar-refractivity contribution in [3.05, 3.63) is 0 Å². The van der Waals surface area contributed by atoms with Crippen LogP contribution in [-0.2, 0) is 18.6 Å². The van der Waals surface area contributed by atoms with Crippen LogP contribution in [0.1, 0.15) is 6.42 Å². The van der Waals surface area contributed by atoms with Crippen LogP contribution in [0, 0.1) is 0 Å². The summed E-state index contributed by atoms with van der Waals surface area (Å²) in [6.07, 6.45) is -0.278. The second-order valence-corrected chi connectivity index (χ2v) is 8.37. The van der Waals surface area contributed by atoms with Gasteiger partial charge < -0.3 is 28.8 Å². The van der Waals surface area contributed by atoms with Crippen LogP contribution in [0.2, 0.25) is 12.6 Å². The van der Waals surface area contributed by atoms with Crippen molar-refractivity contribution in [1.82, 2.24) is 0 Å². The molecule has 0 radical (unpaired) electrons. The minimum atomic E-state index is -2.20. The van der Waals surface area contributed by atoms with E-state index in [1.807, 2.05) is 6.55 Å². The number of ether oxygens (including phenoxy) is 3. The van der Waals surface area contributed by atoms with Gasteiger partial charge in [-0.15, -0.1) is 0 Å². The van der Waals surface area contributed by atoms with Crippen molar-refractivity contribution in [1.29, 1.82) is 0 Å². The highest BCUT2D eigenvalue weighted by atomic mass is 28.4. The number of aliphatic hydroxyl groups excluding tert-OH is 2. The average Bonchev–Trinajstić information content (AvgIpc) is 2.75. The van der Waals surface area contributed by atoms with E-state index in [2.05, 4.69) is 4.74 Å². The van der Waals surface area contributed by atoms with Crippen molar-refractivity contribution in [2.45, 2.75) is 25.1 Å². The van der Waals surface area contributed by atoms with Gasteiger partial charge in [0.15, 0.2) is 6.10 Å². The van der Waals surface area contributed by atoms with E-state index in [0.29, 0.717) is 19.3 Å². The molecule has 0 aromatic rings. The summed E-state index contributed by atoms with van der Waals surface area (Å²) in [6.45, 7) is 2.53. The number of hydrogen-bond acceptors (Lipinski definition) is 7. The van der Waals surface area contributed by atoms with Gasteiger partial charge in [-0.25, -0.2) is 4.79 Å². The van der Waals surface area contributed by atoms with Crippen LogP contribution in [0.5, 0.6) is 0 Å². The first-order valence-electron chi connectivity index (χ1n) is 5.86. The van der Waals surface area contributed by atoms with Crippen LogP contribution in [-0.4, -0.2) is 63.6 Å². The largest absolute Gasteiger partial charge is 0.508 e. The van der Waals surface area contributed by atoms with E-state index in [9.17, 15) is 9.90 Å². The van der Waals surface area contributed by atoms with Gasteiger partial charge in [-0.2, -0.15) is 0 Å². The summed E-state index contributed by atoms with van der Waals surface area (Å²) in [7, 11) is -2.20. The molecule has 0 bridgehead atoms. The molecule has 1 heterocycles. The average molecular weight is 280 g/mol. The fourth-order valence-electron chi connectivity index (χ4n) is 1.56. The molecule has 2 N–H and O–H groups in total. The van der Waals surface area contributed by atoms with Crippen LogP contribution in [0.25, 0.3) is 0 Å². The van der Waals surface area contributed by atoms with Gasteiger partial charge in [0.1, 0.15) is 13.4 Å². The van der Waals surface area contributed by atoms with Gasteiger partial charge in [-0.05, 0) is 19.0 Å². The molecule has 8 heteroatoms. The molecule has 0 saturated carbocycles. The summed E-state index contributed by atoms with van der Waals surface area (Å²) in [5, 5.41) is 17.9. The highest BCUT2D eigenvalue weighted by Crippen LogP contribution is 2.13. The van der Waals surface area contributed by atoms with Gasteiger partial charge in [0.05, 0.1) is 12.8 Å². The molecule has 0 amide bonds. The lowest BCUT2D eigenvalue weighted by molar-refractivity contribution is 0.0449. The van der Waals surface area contributed by atoms with Crippen molar-refractivity contribution in [3.8, 4) is 0 Å². The molecule has 1 rings (SSSR count). The molecule has 2 atom stereocenters. The SMILES string of the molecule is C[Si](CO)(CCCOCC1COC(=O)O1)OCO. The van der Waals surface area contributed by atoms with E-state index in [-0.39, 0.29) is 25.7 Å². The van der Waals surface area contributed by atoms with Crippen molar-refractivity contribution < 1.29 is 33.6 Å². The van der Waals surface area contributed by atoms with Gasteiger partial charge in [0.25, 0.3) is 0 Å². The Kier molecular flexibility index (Phi) is 6.58. The van der Waals surface area contributed by atoms with Gasteiger partial charge in [0, 0.05) is 6.61 Å². The van der Waals surface area contributed by atoms with E-state index in [1.165, 1.54) is 0 Å². The molecule has 0 aliphatic carbocycles. The molecule has 0 aromatic heterocycles. The molecule has 1 fully saturated rings. The van der Waals surface area contributed by atoms with Crippen molar-refractivity contribution in [3.63, 3.8) is 0 Å². The molecule has 18 heavy (non-hydrogen) atoms. The minimum Gasteiger partial charge on any atom is -0.430 e. The fraction of sp³-hybridized carbons (Fsp3) is 0.900. The number of carbonyl (C=O) groups excluding carboxylic acids is 1. The van der Waals surface area contributed by atoms with Crippen molar-refractivity contribution >= 4 is 14.5 Å². The highest BCUT2D eigenvalue weighted by Gasteiger charge is 2.28. The van der Waals surface area contributed by atoms with E-state index < -0.39 is 14.5 Å². The van der Waals surface area contributed by atoms with Gasteiger partial charge in [0.2, 0.25) is 8.32 Å². The summed E-state index contributed by atoms with van der Waals surface area (Å²) in [5.74, 6) is 0. The van der Waals surface area contributed by atoms with Gasteiger partial charge in [-0.1, -0.05) is 0 Å². The molecule has 0 spiro atoms. The van der Waals surface area contributed by atoms with E-state index in [0.717, 1.165) is 6.42 Å². The van der Waals surface area contributed by atoms with E-state index in [1.54, 1.807) is 0 Å². The number of rotatable bonds is 9. The Morgan fingerprint density at radius 2 is 2.28 bits per heavy atom.